The van der Waals surface area contributed by atoms with Gasteiger partial charge in [0.2, 0.25) is 0 Å². The van der Waals surface area contributed by atoms with Gasteiger partial charge in [0.1, 0.15) is 0 Å². The number of aromatic nitrogens is 1. The lowest BCUT2D eigenvalue weighted by atomic mass is 9.68. The van der Waals surface area contributed by atoms with E-state index in [1.807, 2.05) is 12.4 Å². The molecule has 3 unspecified atom stereocenters. The monoisotopic (exact) mass is 377 g/mol. The normalized spacial score (nSPS) is 31.1. The first-order valence-electron chi connectivity index (χ1n) is 10.8. The Morgan fingerprint density at radius 1 is 1.07 bits per heavy atom. The Morgan fingerprint density at radius 3 is 2.75 bits per heavy atom. The topological polar surface area (TPSA) is 28.6 Å². The Hall–Kier alpha value is -1.75. The van der Waals surface area contributed by atoms with Crippen molar-refractivity contribution in [2.45, 2.75) is 24.8 Å². The van der Waals surface area contributed by atoms with E-state index in [1.54, 1.807) is 0 Å². The van der Waals surface area contributed by atoms with Crippen molar-refractivity contribution >= 4 is 0 Å². The fourth-order valence-electron chi connectivity index (χ4n) is 5.73. The molecular weight excluding hydrogens is 346 g/mol. The zero-order valence-electron chi connectivity index (χ0n) is 16.7. The highest BCUT2D eigenvalue weighted by molar-refractivity contribution is 5.31. The predicted octanol–water partition coefficient (Wildman–Crippen LogP) is 3.19. The van der Waals surface area contributed by atoms with Crippen LogP contribution in [0, 0.1) is 11.8 Å². The third-order valence-electron chi connectivity index (χ3n) is 7.14. The van der Waals surface area contributed by atoms with Gasteiger partial charge in [0.05, 0.1) is 6.61 Å². The van der Waals surface area contributed by atoms with E-state index < -0.39 is 0 Å². The largest absolute Gasteiger partial charge is 0.381 e. The summed E-state index contributed by atoms with van der Waals surface area (Å²) in [6.07, 6.45) is 6.38. The average Bonchev–Trinajstić information content (AvgIpc) is 3.37. The number of nitrogens with zero attached hydrogens (tertiary/aromatic N) is 3. The third kappa shape index (κ3) is 3.61. The number of fused-ring (bicyclic) bond motifs is 1. The summed E-state index contributed by atoms with van der Waals surface area (Å²) >= 11 is 0. The minimum absolute atomic E-state index is 0.298. The summed E-state index contributed by atoms with van der Waals surface area (Å²) < 4.78 is 5.62. The first-order valence-corrected chi connectivity index (χ1v) is 10.8. The Morgan fingerprint density at radius 2 is 1.96 bits per heavy atom. The standard InChI is InChI=1S/C24H31N3O/c1-2-6-22(7-3-1)24-9-11-26(15-21-8-12-28-18-21)16-23(24)17-27(19-24)14-20-5-4-10-25-13-20/h1-7,10,13,21,23H,8-9,11-12,14-19H2. The molecule has 4 nitrogen and oxygen atoms in total. The Balaban J connectivity index is 1.35. The van der Waals surface area contributed by atoms with Crippen LogP contribution in [0.5, 0.6) is 0 Å². The number of rotatable bonds is 5. The van der Waals surface area contributed by atoms with Gasteiger partial charge in [-0.15, -0.1) is 0 Å². The van der Waals surface area contributed by atoms with Crippen molar-refractivity contribution in [2.24, 2.45) is 11.8 Å². The van der Waals surface area contributed by atoms with Crippen LogP contribution >= 0.6 is 0 Å². The number of hydrogen-bond donors (Lipinski definition) is 0. The van der Waals surface area contributed by atoms with Gasteiger partial charge in [-0.2, -0.15) is 0 Å². The van der Waals surface area contributed by atoms with Crippen molar-refractivity contribution in [2.75, 3.05) is 45.9 Å². The molecule has 3 aliphatic rings. The van der Waals surface area contributed by atoms with Gasteiger partial charge in [-0.3, -0.25) is 9.88 Å². The molecule has 3 fully saturated rings. The summed E-state index contributed by atoms with van der Waals surface area (Å²) in [5.74, 6) is 1.43. The summed E-state index contributed by atoms with van der Waals surface area (Å²) in [6, 6.07) is 15.6. The number of piperidine rings is 1. The van der Waals surface area contributed by atoms with Gasteiger partial charge in [-0.1, -0.05) is 36.4 Å². The summed E-state index contributed by atoms with van der Waals surface area (Å²) in [5, 5.41) is 0. The highest BCUT2D eigenvalue weighted by Gasteiger charge is 2.50. The molecule has 0 N–H and O–H groups in total. The van der Waals surface area contributed by atoms with E-state index in [9.17, 15) is 0 Å². The van der Waals surface area contributed by atoms with Crippen LogP contribution < -0.4 is 0 Å². The quantitative estimate of drug-likeness (QED) is 0.800. The highest BCUT2D eigenvalue weighted by atomic mass is 16.5. The van der Waals surface area contributed by atoms with E-state index >= 15 is 0 Å². The van der Waals surface area contributed by atoms with E-state index in [-0.39, 0.29) is 0 Å². The molecule has 0 amide bonds. The molecule has 0 aliphatic carbocycles. The molecule has 28 heavy (non-hydrogen) atoms. The molecule has 1 aromatic carbocycles. The second-order valence-electron chi connectivity index (χ2n) is 8.99. The Bertz CT molecular complexity index is 762. The average molecular weight is 378 g/mol. The molecular formula is C24H31N3O. The van der Waals surface area contributed by atoms with Crippen molar-refractivity contribution in [3.63, 3.8) is 0 Å². The molecule has 0 saturated carbocycles. The lowest BCUT2D eigenvalue weighted by Gasteiger charge is -2.44. The SMILES string of the molecule is c1ccc(C23CCN(CC4CCOC4)CC2CN(Cc2cccnc2)C3)cc1. The zero-order valence-corrected chi connectivity index (χ0v) is 16.7. The van der Waals surface area contributed by atoms with Crippen molar-refractivity contribution in [1.29, 1.82) is 0 Å². The molecule has 5 rings (SSSR count). The molecule has 0 bridgehead atoms. The fourth-order valence-corrected chi connectivity index (χ4v) is 5.73. The maximum atomic E-state index is 5.62. The first kappa shape index (κ1) is 18.3. The maximum Gasteiger partial charge on any atom is 0.0507 e. The minimum Gasteiger partial charge on any atom is -0.381 e. The highest BCUT2D eigenvalue weighted by Crippen LogP contribution is 2.45. The molecule has 0 spiro atoms. The second kappa shape index (κ2) is 7.94. The summed E-state index contributed by atoms with van der Waals surface area (Å²) in [5.41, 5.74) is 3.16. The van der Waals surface area contributed by atoms with E-state index in [2.05, 4.69) is 57.2 Å². The molecule has 3 saturated heterocycles. The minimum atomic E-state index is 0.298. The summed E-state index contributed by atoms with van der Waals surface area (Å²) in [4.78, 5) is 9.70. The maximum absolute atomic E-state index is 5.62. The summed E-state index contributed by atoms with van der Waals surface area (Å²) in [7, 11) is 0. The van der Waals surface area contributed by atoms with Crippen molar-refractivity contribution in [3.05, 3.63) is 66.0 Å². The van der Waals surface area contributed by atoms with Crippen molar-refractivity contribution in [1.82, 2.24) is 14.8 Å². The van der Waals surface area contributed by atoms with Crippen LogP contribution in [0.4, 0.5) is 0 Å². The van der Waals surface area contributed by atoms with E-state index in [1.165, 1.54) is 50.1 Å². The number of ether oxygens (including phenoxy) is 1. The Kier molecular flexibility index (Phi) is 5.19. The number of hydrogen-bond acceptors (Lipinski definition) is 4. The Labute approximate surface area is 168 Å². The molecule has 1 aromatic heterocycles. The van der Waals surface area contributed by atoms with Crippen molar-refractivity contribution < 1.29 is 4.74 Å². The molecule has 4 heterocycles. The van der Waals surface area contributed by atoms with Gasteiger partial charge in [0, 0.05) is 57.1 Å². The van der Waals surface area contributed by atoms with Crippen molar-refractivity contribution in [3.8, 4) is 0 Å². The number of benzene rings is 1. The third-order valence-corrected chi connectivity index (χ3v) is 7.14. The molecule has 3 aliphatic heterocycles. The fraction of sp³-hybridized carbons (Fsp3) is 0.542. The van der Waals surface area contributed by atoms with Crippen LogP contribution in [0.15, 0.2) is 54.9 Å². The number of likely N-dealkylation sites (tertiary alicyclic amines) is 2. The lowest BCUT2D eigenvalue weighted by Crippen LogP contribution is -2.50. The van der Waals surface area contributed by atoms with E-state index in [0.717, 1.165) is 32.2 Å². The smallest absolute Gasteiger partial charge is 0.0507 e. The van der Waals surface area contributed by atoms with Crippen LogP contribution in [-0.2, 0) is 16.7 Å². The van der Waals surface area contributed by atoms with Crippen LogP contribution in [0.25, 0.3) is 0 Å². The zero-order chi connectivity index (χ0) is 18.8. The number of pyridine rings is 1. The van der Waals surface area contributed by atoms with Crippen LogP contribution in [0.3, 0.4) is 0 Å². The predicted molar refractivity (Wildman–Crippen MR) is 111 cm³/mol. The summed E-state index contributed by atoms with van der Waals surface area (Å²) in [6.45, 7) is 8.90. The van der Waals surface area contributed by atoms with Gasteiger partial charge >= 0.3 is 0 Å². The first-order chi connectivity index (χ1) is 13.8. The lowest BCUT2D eigenvalue weighted by molar-refractivity contribution is 0.101. The molecule has 0 radical (unpaired) electrons. The van der Waals surface area contributed by atoms with Crippen LogP contribution in [0.2, 0.25) is 0 Å². The molecule has 4 heteroatoms. The van der Waals surface area contributed by atoms with E-state index in [4.69, 9.17) is 4.74 Å². The van der Waals surface area contributed by atoms with E-state index in [0.29, 0.717) is 11.3 Å². The van der Waals surface area contributed by atoms with Crippen LogP contribution in [-0.4, -0.2) is 60.7 Å². The van der Waals surface area contributed by atoms with Gasteiger partial charge < -0.3 is 9.64 Å². The van der Waals surface area contributed by atoms with Gasteiger partial charge in [0.15, 0.2) is 0 Å². The molecule has 2 aromatic rings. The van der Waals surface area contributed by atoms with Crippen LogP contribution in [0.1, 0.15) is 24.0 Å². The molecule has 148 valence electrons. The van der Waals surface area contributed by atoms with Gasteiger partial charge in [0.25, 0.3) is 0 Å². The van der Waals surface area contributed by atoms with Gasteiger partial charge in [-0.25, -0.2) is 0 Å². The van der Waals surface area contributed by atoms with Gasteiger partial charge in [-0.05, 0) is 48.4 Å². The molecule has 3 atom stereocenters. The second-order valence-corrected chi connectivity index (χ2v) is 8.99.